The van der Waals surface area contributed by atoms with Crippen molar-refractivity contribution < 1.29 is 9.64 Å². The molecule has 24 heavy (non-hydrogen) atoms. The second-order valence-corrected chi connectivity index (χ2v) is 6.22. The van der Waals surface area contributed by atoms with E-state index in [4.69, 9.17) is 4.74 Å². The zero-order chi connectivity index (χ0) is 16.8. The Labute approximate surface area is 144 Å². The molecule has 0 amide bonds. The summed E-state index contributed by atoms with van der Waals surface area (Å²) in [6.07, 6.45) is 0. The number of nitrogens with one attached hydrogen (secondary N) is 2. The van der Waals surface area contributed by atoms with E-state index in [1.165, 1.54) is 5.56 Å². The third-order valence-corrected chi connectivity index (χ3v) is 4.50. The van der Waals surface area contributed by atoms with Crippen LogP contribution in [-0.4, -0.2) is 38.3 Å². The Bertz CT molecular complexity index is 646. The molecule has 3 rings (SSSR count). The van der Waals surface area contributed by atoms with E-state index in [0.717, 1.165) is 49.7 Å². The van der Waals surface area contributed by atoms with E-state index in [-0.39, 0.29) is 0 Å². The third-order valence-electron chi connectivity index (χ3n) is 4.50. The van der Waals surface area contributed by atoms with Gasteiger partial charge in [-0.3, -0.25) is 0 Å². The third kappa shape index (κ3) is 4.37. The van der Waals surface area contributed by atoms with Gasteiger partial charge in [0.05, 0.1) is 33.3 Å². The van der Waals surface area contributed by atoms with E-state index in [1.54, 1.807) is 12.0 Å². The van der Waals surface area contributed by atoms with Gasteiger partial charge in [0.1, 0.15) is 12.3 Å². The van der Waals surface area contributed by atoms with Gasteiger partial charge in [0, 0.05) is 11.3 Å². The van der Waals surface area contributed by atoms with Crippen LogP contribution in [0.5, 0.6) is 5.75 Å². The summed E-state index contributed by atoms with van der Waals surface area (Å²) in [5.41, 5.74) is 6.88. The van der Waals surface area contributed by atoms with E-state index in [0.29, 0.717) is 0 Å². The quantitative estimate of drug-likeness (QED) is 0.845. The molecular formula is C20H26N3O+. The van der Waals surface area contributed by atoms with Crippen LogP contribution >= 0.6 is 0 Å². The fourth-order valence-corrected chi connectivity index (χ4v) is 3.04. The van der Waals surface area contributed by atoms with Crippen molar-refractivity contribution in [2.45, 2.75) is 6.54 Å². The lowest BCUT2D eigenvalue weighted by Gasteiger charge is -2.33. The molecule has 4 heteroatoms. The van der Waals surface area contributed by atoms with Gasteiger partial charge in [0.25, 0.3) is 0 Å². The average Bonchev–Trinajstić information content (AvgIpc) is 2.64. The van der Waals surface area contributed by atoms with Gasteiger partial charge in [0.15, 0.2) is 0 Å². The minimum atomic E-state index is 0.865. The van der Waals surface area contributed by atoms with Crippen LogP contribution < -0.4 is 15.1 Å². The summed E-state index contributed by atoms with van der Waals surface area (Å²) in [7, 11) is 1.68. The molecule has 1 heterocycles. The summed E-state index contributed by atoms with van der Waals surface area (Å²) in [5.74, 6) is 0.865. The molecule has 1 aliphatic rings. The molecule has 1 fully saturated rings. The van der Waals surface area contributed by atoms with Gasteiger partial charge in [-0.2, -0.15) is 0 Å². The average molecular weight is 324 g/mol. The van der Waals surface area contributed by atoms with Gasteiger partial charge in [0.2, 0.25) is 0 Å². The van der Waals surface area contributed by atoms with Gasteiger partial charge in [-0.05, 0) is 29.8 Å². The number of nitrogens with zero attached hydrogens (tertiary/aromatic N) is 1. The maximum atomic E-state index is 5.20. The first-order valence-electron chi connectivity index (χ1n) is 8.47. The Hall–Kier alpha value is -2.30. The molecule has 1 aliphatic heterocycles. The molecule has 0 radical (unpaired) electrons. The van der Waals surface area contributed by atoms with Gasteiger partial charge < -0.3 is 15.1 Å². The lowest BCUT2D eigenvalue weighted by Crippen LogP contribution is -3.13. The highest BCUT2D eigenvalue weighted by Gasteiger charge is 2.20. The Morgan fingerprint density at radius 1 is 1.08 bits per heavy atom. The van der Waals surface area contributed by atoms with E-state index in [2.05, 4.69) is 47.3 Å². The predicted octanol–water partition coefficient (Wildman–Crippen LogP) is 1.57. The zero-order valence-electron chi connectivity index (χ0n) is 14.3. The first kappa shape index (κ1) is 16.6. The normalized spacial score (nSPS) is 15.9. The van der Waals surface area contributed by atoms with Crippen molar-refractivity contribution in [2.24, 2.45) is 0 Å². The molecule has 1 saturated heterocycles. The zero-order valence-corrected chi connectivity index (χ0v) is 14.3. The van der Waals surface area contributed by atoms with E-state index in [9.17, 15) is 0 Å². The van der Waals surface area contributed by atoms with Crippen LogP contribution in [0.4, 0.5) is 0 Å². The topological polar surface area (TPSA) is 28.9 Å². The summed E-state index contributed by atoms with van der Waals surface area (Å²) >= 11 is 0. The van der Waals surface area contributed by atoms with Crippen molar-refractivity contribution in [2.75, 3.05) is 33.3 Å². The van der Waals surface area contributed by atoms with Crippen molar-refractivity contribution in [1.29, 1.82) is 0 Å². The maximum absolute atomic E-state index is 5.20. The maximum Gasteiger partial charge on any atom is 0.118 e. The van der Waals surface area contributed by atoms with Crippen LogP contribution in [-0.2, 0) is 6.54 Å². The van der Waals surface area contributed by atoms with Crippen LogP contribution in [0.2, 0.25) is 0 Å². The van der Waals surface area contributed by atoms with Gasteiger partial charge >= 0.3 is 0 Å². The molecule has 126 valence electrons. The number of rotatable bonds is 6. The van der Waals surface area contributed by atoms with Crippen LogP contribution in [0, 0.1) is 0 Å². The highest BCUT2D eigenvalue weighted by Crippen LogP contribution is 2.15. The predicted molar refractivity (Wildman–Crippen MR) is 97.6 cm³/mol. The second kappa shape index (κ2) is 7.99. The molecule has 2 aromatic carbocycles. The van der Waals surface area contributed by atoms with Gasteiger partial charge in [-0.25, -0.2) is 5.01 Å². The molecule has 2 N–H and O–H groups in total. The van der Waals surface area contributed by atoms with Crippen molar-refractivity contribution in [1.82, 2.24) is 10.4 Å². The lowest BCUT2D eigenvalue weighted by molar-refractivity contribution is -0.918. The van der Waals surface area contributed by atoms with Crippen LogP contribution in [0.25, 0.3) is 5.70 Å². The lowest BCUT2D eigenvalue weighted by atomic mass is 10.2. The molecule has 0 atom stereocenters. The largest absolute Gasteiger partial charge is 0.497 e. The van der Waals surface area contributed by atoms with Gasteiger partial charge in [-0.1, -0.05) is 36.9 Å². The Morgan fingerprint density at radius 3 is 2.38 bits per heavy atom. The number of hydrogen-bond acceptors (Lipinski definition) is 3. The summed E-state index contributed by atoms with van der Waals surface area (Å²) in [6.45, 7) is 9.59. The minimum absolute atomic E-state index is 0.865. The Morgan fingerprint density at radius 2 is 1.75 bits per heavy atom. The van der Waals surface area contributed by atoms with E-state index in [1.807, 2.05) is 24.3 Å². The number of quaternary nitrogens is 1. The highest BCUT2D eigenvalue weighted by molar-refractivity contribution is 5.61. The number of hydrazine groups is 1. The molecular weight excluding hydrogens is 298 g/mol. The Balaban J connectivity index is 1.47. The summed E-state index contributed by atoms with van der Waals surface area (Å²) < 4.78 is 5.20. The summed E-state index contributed by atoms with van der Waals surface area (Å²) in [5, 5.41) is 2.26. The number of ether oxygens (including phenoxy) is 1. The molecule has 0 spiro atoms. The Kier molecular flexibility index (Phi) is 5.51. The smallest absolute Gasteiger partial charge is 0.118 e. The fraction of sp³-hybridized carbons (Fsp3) is 0.300. The van der Waals surface area contributed by atoms with Crippen LogP contribution in [0.15, 0.2) is 61.2 Å². The monoisotopic (exact) mass is 324 g/mol. The van der Waals surface area contributed by atoms with Crippen molar-refractivity contribution in [3.8, 4) is 5.75 Å². The van der Waals surface area contributed by atoms with Gasteiger partial charge in [-0.15, -0.1) is 0 Å². The van der Waals surface area contributed by atoms with Crippen molar-refractivity contribution in [3.05, 3.63) is 72.3 Å². The molecule has 0 bridgehead atoms. The molecule has 4 nitrogen and oxygen atoms in total. The first-order valence-corrected chi connectivity index (χ1v) is 8.47. The van der Waals surface area contributed by atoms with E-state index < -0.39 is 0 Å². The molecule has 0 unspecified atom stereocenters. The highest BCUT2D eigenvalue weighted by atomic mass is 16.5. The first-order chi connectivity index (χ1) is 11.7. The fourth-order valence-electron chi connectivity index (χ4n) is 3.04. The number of methoxy groups -OCH3 is 1. The van der Waals surface area contributed by atoms with E-state index >= 15 is 0 Å². The molecule has 2 aromatic rings. The SMILES string of the molecule is C=C(NN1CC[NH+](Cc2ccccc2)CC1)c1ccc(OC)cc1. The summed E-state index contributed by atoms with van der Waals surface area (Å²) in [4.78, 5) is 1.63. The minimum Gasteiger partial charge on any atom is -0.497 e. The standard InChI is InChI=1S/C20H25N3O/c1-17(19-8-10-20(24-2)11-9-19)21-23-14-12-22(13-15-23)16-18-6-4-3-5-7-18/h3-11,21H,1,12-16H2,2H3/p+1. The van der Waals surface area contributed by atoms with Crippen LogP contribution in [0.1, 0.15) is 11.1 Å². The van der Waals surface area contributed by atoms with Crippen molar-refractivity contribution >= 4 is 5.70 Å². The summed E-state index contributed by atoms with van der Waals surface area (Å²) in [6, 6.07) is 18.7. The number of benzene rings is 2. The molecule has 0 aromatic heterocycles. The second-order valence-electron chi connectivity index (χ2n) is 6.22. The number of piperazine rings is 1. The van der Waals surface area contributed by atoms with Crippen molar-refractivity contribution in [3.63, 3.8) is 0 Å². The molecule has 0 saturated carbocycles. The van der Waals surface area contributed by atoms with Crippen LogP contribution in [0.3, 0.4) is 0 Å². The molecule has 0 aliphatic carbocycles. The number of hydrogen-bond donors (Lipinski definition) is 2.